The molecule has 1 fully saturated rings. The summed E-state index contributed by atoms with van der Waals surface area (Å²) >= 11 is 1.37. The second kappa shape index (κ2) is 5.95. The molecule has 0 bridgehead atoms. The number of H-pyrrole nitrogens is 1. The van der Waals surface area contributed by atoms with Crippen LogP contribution in [0.15, 0.2) is 16.2 Å². The Hall–Kier alpha value is -1.73. The first-order chi connectivity index (χ1) is 10.1. The summed E-state index contributed by atoms with van der Waals surface area (Å²) < 4.78 is 6.38. The molecule has 2 aromatic rings. The smallest absolute Gasteiger partial charge is 0.306 e. The third-order valence-electron chi connectivity index (χ3n) is 3.84. The van der Waals surface area contributed by atoms with E-state index >= 15 is 0 Å². The lowest BCUT2D eigenvalue weighted by Gasteiger charge is -2.25. The molecule has 6 nitrogen and oxygen atoms in total. The summed E-state index contributed by atoms with van der Waals surface area (Å²) in [4.78, 5) is 29.8. The van der Waals surface area contributed by atoms with Crippen LogP contribution in [0.5, 0.6) is 0 Å². The number of thiophene rings is 1. The molecule has 0 radical (unpaired) electrons. The van der Waals surface area contributed by atoms with Gasteiger partial charge in [-0.2, -0.15) is 0 Å². The SMILES string of the molecule is O=C(O)C1CCC(OCc2nc3ccsc3c(=O)[nH]2)CC1. The maximum atomic E-state index is 11.8. The number of carbonyl (C=O) groups is 1. The Morgan fingerprint density at radius 3 is 2.90 bits per heavy atom. The largest absolute Gasteiger partial charge is 0.481 e. The van der Waals surface area contributed by atoms with Crippen molar-refractivity contribution in [2.75, 3.05) is 0 Å². The van der Waals surface area contributed by atoms with Crippen LogP contribution in [0.3, 0.4) is 0 Å². The highest BCUT2D eigenvalue weighted by atomic mass is 32.1. The van der Waals surface area contributed by atoms with Crippen LogP contribution in [0.1, 0.15) is 31.5 Å². The highest BCUT2D eigenvalue weighted by molar-refractivity contribution is 7.17. The quantitative estimate of drug-likeness (QED) is 0.903. The van der Waals surface area contributed by atoms with Gasteiger partial charge in [0.2, 0.25) is 0 Å². The van der Waals surface area contributed by atoms with Crippen LogP contribution in [0, 0.1) is 5.92 Å². The minimum absolute atomic E-state index is 0.0454. The Bertz CT molecular complexity index is 700. The molecule has 1 saturated carbocycles. The summed E-state index contributed by atoms with van der Waals surface area (Å²) in [6.45, 7) is 0.253. The van der Waals surface area contributed by atoms with E-state index in [1.807, 2.05) is 11.4 Å². The number of hydrogen-bond acceptors (Lipinski definition) is 5. The van der Waals surface area contributed by atoms with Gasteiger partial charge in [-0.15, -0.1) is 11.3 Å². The van der Waals surface area contributed by atoms with Gasteiger partial charge in [-0.05, 0) is 37.1 Å². The average Bonchev–Trinajstić information content (AvgIpc) is 2.94. The van der Waals surface area contributed by atoms with Crippen LogP contribution in [0.4, 0.5) is 0 Å². The number of aliphatic carboxylic acids is 1. The fourth-order valence-corrected chi connectivity index (χ4v) is 3.39. The molecular formula is C14H16N2O4S. The Balaban J connectivity index is 1.60. The van der Waals surface area contributed by atoms with E-state index in [0.717, 1.165) is 12.8 Å². The normalized spacial score (nSPS) is 22.5. The maximum Gasteiger partial charge on any atom is 0.306 e. The highest BCUT2D eigenvalue weighted by Gasteiger charge is 2.26. The van der Waals surface area contributed by atoms with Crippen molar-refractivity contribution in [3.05, 3.63) is 27.6 Å². The molecule has 0 saturated heterocycles. The Morgan fingerprint density at radius 2 is 2.19 bits per heavy atom. The molecule has 0 spiro atoms. The van der Waals surface area contributed by atoms with Crippen molar-refractivity contribution in [3.8, 4) is 0 Å². The van der Waals surface area contributed by atoms with Crippen molar-refractivity contribution in [1.29, 1.82) is 0 Å². The summed E-state index contributed by atoms with van der Waals surface area (Å²) in [5.41, 5.74) is 0.556. The van der Waals surface area contributed by atoms with Crippen molar-refractivity contribution in [2.24, 2.45) is 5.92 Å². The van der Waals surface area contributed by atoms with Crippen molar-refractivity contribution in [1.82, 2.24) is 9.97 Å². The van der Waals surface area contributed by atoms with Crippen molar-refractivity contribution in [2.45, 2.75) is 38.4 Å². The number of aromatic nitrogens is 2. The van der Waals surface area contributed by atoms with Gasteiger partial charge in [0, 0.05) is 0 Å². The zero-order chi connectivity index (χ0) is 14.8. The summed E-state index contributed by atoms with van der Waals surface area (Å²) in [6.07, 6.45) is 2.81. The second-order valence-corrected chi connectivity index (χ2v) is 6.19. The molecule has 3 rings (SSSR count). The number of rotatable bonds is 4. The molecule has 0 atom stereocenters. The Morgan fingerprint density at radius 1 is 1.43 bits per heavy atom. The van der Waals surface area contributed by atoms with E-state index in [9.17, 15) is 9.59 Å². The van der Waals surface area contributed by atoms with Gasteiger partial charge < -0.3 is 14.8 Å². The third-order valence-corrected chi connectivity index (χ3v) is 4.75. The molecule has 21 heavy (non-hydrogen) atoms. The maximum absolute atomic E-state index is 11.8. The first-order valence-electron chi connectivity index (χ1n) is 6.94. The van der Waals surface area contributed by atoms with Gasteiger partial charge in [-0.25, -0.2) is 4.98 Å². The van der Waals surface area contributed by atoms with Gasteiger partial charge in [0.05, 0.1) is 17.5 Å². The van der Waals surface area contributed by atoms with Gasteiger partial charge in [-0.1, -0.05) is 0 Å². The number of fused-ring (bicyclic) bond motifs is 1. The van der Waals surface area contributed by atoms with Crippen molar-refractivity contribution in [3.63, 3.8) is 0 Å². The summed E-state index contributed by atoms with van der Waals surface area (Å²) in [6, 6.07) is 1.82. The minimum atomic E-state index is -0.720. The standard InChI is InChI=1S/C14H16N2O4S/c17-13-12-10(5-6-21-12)15-11(16-13)7-20-9-3-1-8(2-4-9)14(18)19/h5-6,8-9H,1-4,7H2,(H,18,19)(H,15,16,17). The van der Waals surface area contributed by atoms with Gasteiger partial charge in [-0.3, -0.25) is 9.59 Å². The molecule has 0 unspecified atom stereocenters. The molecule has 112 valence electrons. The van der Waals surface area contributed by atoms with Crippen LogP contribution in [0.2, 0.25) is 0 Å². The second-order valence-electron chi connectivity index (χ2n) is 5.27. The minimum Gasteiger partial charge on any atom is -0.481 e. The van der Waals surface area contributed by atoms with E-state index in [4.69, 9.17) is 9.84 Å². The summed E-state index contributed by atoms with van der Waals surface area (Å²) in [5.74, 6) is -0.446. The number of carboxylic acid groups (broad SMARTS) is 1. The topological polar surface area (TPSA) is 92.3 Å². The number of hydrogen-bond donors (Lipinski definition) is 2. The molecule has 0 amide bonds. The van der Waals surface area contributed by atoms with Gasteiger partial charge in [0.15, 0.2) is 0 Å². The number of ether oxygens (including phenoxy) is 1. The van der Waals surface area contributed by atoms with Crippen molar-refractivity contribution < 1.29 is 14.6 Å². The highest BCUT2D eigenvalue weighted by Crippen LogP contribution is 2.26. The van der Waals surface area contributed by atoms with E-state index in [0.29, 0.717) is 28.9 Å². The van der Waals surface area contributed by atoms with Crippen LogP contribution < -0.4 is 5.56 Å². The molecule has 2 aromatic heterocycles. The molecule has 1 aliphatic carbocycles. The van der Waals surface area contributed by atoms with E-state index in [2.05, 4.69) is 9.97 Å². The Kier molecular flexibility index (Phi) is 4.03. The van der Waals surface area contributed by atoms with E-state index in [1.54, 1.807) is 0 Å². The first-order valence-corrected chi connectivity index (χ1v) is 7.82. The van der Waals surface area contributed by atoms with Crippen LogP contribution in [-0.4, -0.2) is 27.1 Å². The number of carboxylic acids is 1. The zero-order valence-electron chi connectivity index (χ0n) is 11.4. The molecule has 1 aliphatic rings. The predicted molar refractivity (Wildman–Crippen MR) is 78.4 cm³/mol. The van der Waals surface area contributed by atoms with Crippen molar-refractivity contribution >= 4 is 27.5 Å². The summed E-state index contributed by atoms with van der Waals surface area (Å²) in [7, 11) is 0. The summed E-state index contributed by atoms with van der Waals surface area (Å²) in [5, 5.41) is 10.8. The lowest BCUT2D eigenvalue weighted by molar-refractivity contribution is -0.143. The van der Waals surface area contributed by atoms with Crippen LogP contribution in [-0.2, 0) is 16.1 Å². The van der Waals surface area contributed by atoms with E-state index < -0.39 is 5.97 Å². The molecule has 0 aromatic carbocycles. The third kappa shape index (κ3) is 3.14. The molecule has 7 heteroatoms. The number of aromatic amines is 1. The fraction of sp³-hybridized carbons (Fsp3) is 0.500. The van der Waals surface area contributed by atoms with Crippen LogP contribution in [0.25, 0.3) is 10.2 Å². The lowest BCUT2D eigenvalue weighted by atomic mass is 9.87. The Labute approximate surface area is 124 Å². The number of nitrogens with one attached hydrogen (secondary N) is 1. The van der Waals surface area contributed by atoms with Gasteiger partial charge in [0.1, 0.15) is 17.1 Å². The zero-order valence-corrected chi connectivity index (χ0v) is 12.2. The lowest BCUT2D eigenvalue weighted by Crippen LogP contribution is -2.26. The molecule has 2 N–H and O–H groups in total. The predicted octanol–water partition coefficient (Wildman–Crippen LogP) is 2.14. The number of nitrogens with zero attached hydrogens (tertiary/aromatic N) is 1. The van der Waals surface area contributed by atoms with E-state index in [-0.39, 0.29) is 24.2 Å². The van der Waals surface area contributed by atoms with E-state index in [1.165, 1.54) is 11.3 Å². The fourth-order valence-electron chi connectivity index (χ4n) is 2.66. The molecule has 0 aliphatic heterocycles. The van der Waals surface area contributed by atoms with Crippen LogP contribution >= 0.6 is 11.3 Å². The first kappa shape index (κ1) is 14.2. The molecular weight excluding hydrogens is 292 g/mol. The molecule has 2 heterocycles. The average molecular weight is 308 g/mol. The van der Waals surface area contributed by atoms with Gasteiger partial charge in [0.25, 0.3) is 5.56 Å². The van der Waals surface area contributed by atoms with Gasteiger partial charge >= 0.3 is 5.97 Å². The monoisotopic (exact) mass is 308 g/mol.